The van der Waals surface area contributed by atoms with Crippen LogP contribution in [0.1, 0.15) is 12.5 Å². The second-order valence-corrected chi connectivity index (χ2v) is 3.86. The third-order valence-electron chi connectivity index (χ3n) is 2.29. The molecule has 1 N–H and O–H groups in total. The molecule has 0 saturated carbocycles. The van der Waals surface area contributed by atoms with Crippen molar-refractivity contribution in [1.29, 1.82) is 0 Å². The molecule has 1 nitrogen and oxygen atoms in total. The third kappa shape index (κ3) is 2.05. The average Bonchev–Trinajstić information content (AvgIpc) is 2.18. The Morgan fingerprint density at radius 1 is 1.36 bits per heavy atom. The van der Waals surface area contributed by atoms with Crippen molar-refractivity contribution in [1.82, 2.24) is 0 Å². The SMILES string of the molecule is CC1(CCl)C=Cc2ccccc2N1.Cl. The number of benzene rings is 1. The Morgan fingerprint density at radius 3 is 2.79 bits per heavy atom. The molecule has 0 aliphatic carbocycles. The van der Waals surface area contributed by atoms with Gasteiger partial charge in [-0.05, 0) is 18.6 Å². The molecule has 1 atom stereocenters. The summed E-state index contributed by atoms with van der Waals surface area (Å²) in [4.78, 5) is 0. The Hall–Kier alpha value is -0.660. The topological polar surface area (TPSA) is 12.0 Å². The van der Waals surface area contributed by atoms with Crippen molar-refractivity contribution in [3.05, 3.63) is 35.9 Å². The van der Waals surface area contributed by atoms with Crippen molar-refractivity contribution in [3.8, 4) is 0 Å². The lowest BCUT2D eigenvalue weighted by atomic mass is 9.97. The highest BCUT2D eigenvalue weighted by atomic mass is 35.5. The number of nitrogens with one attached hydrogen (secondary N) is 1. The van der Waals surface area contributed by atoms with Gasteiger partial charge in [-0.25, -0.2) is 0 Å². The van der Waals surface area contributed by atoms with Crippen LogP contribution in [0.5, 0.6) is 0 Å². The summed E-state index contributed by atoms with van der Waals surface area (Å²) < 4.78 is 0. The summed E-state index contributed by atoms with van der Waals surface area (Å²) in [6.45, 7) is 2.09. The first kappa shape index (κ1) is 11.4. The van der Waals surface area contributed by atoms with Gasteiger partial charge in [0.15, 0.2) is 0 Å². The Labute approximate surface area is 95.6 Å². The minimum Gasteiger partial charge on any atom is -0.375 e. The average molecular weight is 230 g/mol. The van der Waals surface area contributed by atoms with E-state index in [1.165, 1.54) is 5.56 Å². The Bertz CT molecular complexity index is 349. The van der Waals surface area contributed by atoms with E-state index in [-0.39, 0.29) is 17.9 Å². The number of alkyl halides is 1. The van der Waals surface area contributed by atoms with Gasteiger partial charge in [-0.3, -0.25) is 0 Å². The van der Waals surface area contributed by atoms with Crippen LogP contribution in [0.2, 0.25) is 0 Å². The van der Waals surface area contributed by atoms with Crippen LogP contribution >= 0.6 is 24.0 Å². The summed E-state index contributed by atoms with van der Waals surface area (Å²) in [5, 5.41) is 3.40. The fraction of sp³-hybridized carbons (Fsp3) is 0.273. The zero-order chi connectivity index (χ0) is 9.31. The van der Waals surface area contributed by atoms with E-state index in [0.29, 0.717) is 5.88 Å². The number of rotatable bonds is 1. The van der Waals surface area contributed by atoms with E-state index < -0.39 is 0 Å². The van der Waals surface area contributed by atoms with Gasteiger partial charge in [0.05, 0.1) is 5.54 Å². The summed E-state index contributed by atoms with van der Waals surface area (Å²) in [6.07, 6.45) is 4.23. The molecule has 1 aliphatic heterocycles. The fourth-order valence-corrected chi connectivity index (χ4v) is 1.61. The lowest BCUT2D eigenvalue weighted by Gasteiger charge is -2.30. The summed E-state index contributed by atoms with van der Waals surface area (Å²) in [7, 11) is 0. The van der Waals surface area contributed by atoms with Gasteiger partial charge in [-0.1, -0.05) is 30.4 Å². The van der Waals surface area contributed by atoms with E-state index in [2.05, 4.69) is 36.5 Å². The Balaban J connectivity index is 0.000000980. The predicted molar refractivity (Wildman–Crippen MR) is 65.5 cm³/mol. The highest BCUT2D eigenvalue weighted by molar-refractivity contribution is 6.19. The molecule has 1 aromatic rings. The van der Waals surface area contributed by atoms with Crippen LogP contribution in [0.15, 0.2) is 30.3 Å². The smallest absolute Gasteiger partial charge is 0.0666 e. The lowest BCUT2D eigenvalue weighted by molar-refractivity contribution is 0.719. The minimum absolute atomic E-state index is 0. The van der Waals surface area contributed by atoms with E-state index in [1.807, 2.05) is 12.1 Å². The van der Waals surface area contributed by atoms with Crippen LogP contribution in [0.4, 0.5) is 5.69 Å². The molecule has 76 valence electrons. The molecule has 0 amide bonds. The highest BCUT2D eigenvalue weighted by Gasteiger charge is 2.22. The molecule has 14 heavy (non-hydrogen) atoms. The third-order valence-corrected chi connectivity index (χ3v) is 2.84. The molecular weight excluding hydrogens is 217 g/mol. The molecule has 0 bridgehead atoms. The molecule has 1 aliphatic rings. The van der Waals surface area contributed by atoms with Gasteiger partial charge in [0.2, 0.25) is 0 Å². The van der Waals surface area contributed by atoms with Crippen molar-refractivity contribution in [3.63, 3.8) is 0 Å². The predicted octanol–water partition coefficient (Wildman–Crippen LogP) is 3.54. The Kier molecular flexibility index (Phi) is 3.46. The van der Waals surface area contributed by atoms with Crippen LogP contribution in [-0.2, 0) is 0 Å². The molecule has 1 aromatic carbocycles. The molecule has 0 fully saturated rings. The zero-order valence-electron chi connectivity index (χ0n) is 7.96. The fourth-order valence-electron chi connectivity index (χ4n) is 1.46. The number of fused-ring (bicyclic) bond motifs is 1. The second kappa shape index (κ2) is 4.24. The molecule has 3 heteroatoms. The van der Waals surface area contributed by atoms with Gasteiger partial charge in [0.25, 0.3) is 0 Å². The van der Waals surface area contributed by atoms with Crippen LogP contribution in [-0.4, -0.2) is 11.4 Å². The van der Waals surface area contributed by atoms with Crippen molar-refractivity contribution < 1.29 is 0 Å². The Morgan fingerprint density at radius 2 is 2.07 bits per heavy atom. The minimum atomic E-state index is -0.101. The molecule has 2 rings (SSSR count). The van der Waals surface area contributed by atoms with Crippen molar-refractivity contribution in [2.45, 2.75) is 12.5 Å². The van der Waals surface area contributed by atoms with Gasteiger partial charge in [0, 0.05) is 11.6 Å². The molecule has 1 unspecified atom stereocenters. The first-order valence-electron chi connectivity index (χ1n) is 4.36. The summed E-state index contributed by atoms with van der Waals surface area (Å²) in [5.74, 6) is 0.581. The van der Waals surface area contributed by atoms with Gasteiger partial charge in [-0.2, -0.15) is 0 Å². The van der Waals surface area contributed by atoms with Gasteiger partial charge in [-0.15, -0.1) is 24.0 Å². The monoisotopic (exact) mass is 229 g/mol. The van der Waals surface area contributed by atoms with Gasteiger partial charge in [0.1, 0.15) is 0 Å². The molecular formula is C11H13Cl2N. The first-order valence-corrected chi connectivity index (χ1v) is 4.89. The van der Waals surface area contributed by atoms with Crippen molar-refractivity contribution in [2.75, 3.05) is 11.2 Å². The number of para-hydroxylation sites is 1. The van der Waals surface area contributed by atoms with E-state index >= 15 is 0 Å². The molecule has 0 saturated heterocycles. The van der Waals surface area contributed by atoms with E-state index in [1.54, 1.807) is 0 Å². The largest absolute Gasteiger partial charge is 0.375 e. The number of halogens is 2. The molecule has 0 aromatic heterocycles. The van der Waals surface area contributed by atoms with Crippen LogP contribution in [0.3, 0.4) is 0 Å². The molecule has 1 heterocycles. The molecule has 0 spiro atoms. The second-order valence-electron chi connectivity index (χ2n) is 3.60. The quantitative estimate of drug-likeness (QED) is 0.727. The normalized spacial score (nSPS) is 23.3. The highest BCUT2D eigenvalue weighted by Crippen LogP contribution is 2.28. The van der Waals surface area contributed by atoms with Crippen molar-refractivity contribution >= 4 is 35.8 Å². The maximum absolute atomic E-state index is 5.87. The summed E-state index contributed by atoms with van der Waals surface area (Å²) in [5.41, 5.74) is 2.29. The van der Waals surface area contributed by atoms with E-state index in [0.717, 1.165) is 5.69 Å². The van der Waals surface area contributed by atoms with Crippen LogP contribution < -0.4 is 5.32 Å². The van der Waals surface area contributed by atoms with E-state index in [9.17, 15) is 0 Å². The number of hydrogen-bond acceptors (Lipinski definition) is 1. The van der Waals surface area contributed by atoms with Crippen LogP contribution in [0, 0.1) is 0 Å². The number of hydrogen-bond donors (Lipinski definition) is 1. The lowest BCUT2D eigenvalue weighted by Crippen LogP contribution is -2.36. The zero-order valence-corrected chi connectivity index (χ0v) is 9.53. The maximum atomic E-state index is 5.87. The van der Waals surface area contributed by atoms with Crippen molar-refractivity contribution in [2.24, 2.45) is 0 Å². The standard InChI is InChI=1S/C11H12ClN.ClH/c1-11(8-12)7-6-9-4-2-3-5-10(9)13-11;/h2-7,13H,8H2,1H3;1H. The summed E-state index contributed by atoms with van der Waals surface area (Å²) in [6, 6.07) is 8.23. The van der Waals surface area contributed by atoms with E-state index in [4.69, 9.17) is 11.6 Å². The summed E-state index contributed by atoms with van der Waals surface area (Å²) >= 11 is 5.87. The van der Waals surface area contributed by atoms with Gasteiger partial charge < -0.3 is 5.32 Å². The first-order chi connectivity index (χ1) is 6.23. The van der Waals surface area contributed by atoms with Crippen LogP contribution in [0.25, 0.3) is 6.08 Å². The molecule has 0 radical (unpaired) electrons. The van der Waals surface area contributed by atoms with Gasteiger partial charge >= 0.3 is 0 Å². The maximum Gasteiger partial charge on any atom is 0.0666 e. The number of anilines is 1.